The number of methoxy groups -OCH3 is 1. The molecule has 0 aliphatic carbocycles. The number of nitrogens with one attached hydrogen (secondary N) is 2. The van der Waals surface area contributed by atoms with E-state index < -0.39 is 10.0 Å². The lowest BCUT2D eigenvalue weighted by molar-refractivity contribution is 0.102. The Balaban J connectivity index is 2.08. The Morgan fingerprint density at radius 2 is 1.68 bits per heavy atom. The first-order valence-corrected chi connectivity index (χ1v) is 8.30. The summed E-state index contributed by atoms with van der Waals surface area (Å²) in [5.74, 6) is 0.322. The van der Waals surface area contributed by atoms with Crippen LogP contribution in [-0.4, -0.2) is 27.7 Å². The van der Waals surface area contributed by atoms with Gasteiger partial charge in [-0.15, -0.1) is 0 Å². The summed E-state index contributed by atoms with van der Waals surface area (Å²) in [5, 5.41) is 2.73. The van der Waals surface area contributed by atoms with Gasteiger partial charge in [-0.25, -0.2) is 8.42 Å². The van der Waals surface area contributed by atoms with E-state index in [2.05, 4.69) is 10.0 Å². The summed E-state index contributed by atoms with van der Waals surface area (Å²) in [4.78, 5) is 12.1. The fraction of sp³-hybridized carbons (Fsp3) is 0.133. The van der Waals surface area contributed by atoms with Crippen LogP contribution in [0.15, 0.2) is 48.5 Å². The van der Waals surface area contributed by atoms with Crippen molar-refractivity contribution in [2.45, 2.75) is 0 Å². The number of hydrogen-bond acceptors (Lipinski definition) is 4. The Bertz CT molecular complexity index is 770. The van der Waals surface area contributed by atoms with Crippen LogP contribution in [0.4, 0.5) is 11.4 Å². The van der Waals surface area contributed by atoms with Crippen molar-refractivity contribution in [3.8, 4) is 5.75 Å². The maximum Gasteiger partial charge on any atom is 0.255 e. The number of anilines is 2. The van der Waals surface area contributed by atoms with Crippen molar-refractivity contribution in [2.24, 2.45) is 0 Å². The molecule has 0 aromatic heterocycles. The highest BCUT2D eigenvalue weighted by Crippen LogP contribution is 2.17. The van der Waals surface area contributed by atoms with Crippen LogP contribution < -0.4 is 14.8 Å². The molecule has 2 aromatic carbocycles. The predicted molar refractivity (Wildman–Crippen MR) is 85.9 cm³/mol. The molecule has 0 heterocycles. The molecule has 7 heteroatoms. The van der Waals surface area contributed by atoms with Crippen molar-refractivity contribution in [1.82, 2.24) is 0 Å². The minimum atomic E-state index is -3.32. The van der Waals surface area contributed by atoms with Gasteiger partial charge in [0.15, 0.2) is 0 Å². The van der Waals surface area contributed by atoms with E-state index in [0.717, 1.165) is 6.26 Å². The van der Waals surface area contributed by atoms with E-state index in [1.807, 2.05) is 0 Å². The van der Waals surface area contributed by atoms with Crippen LogP contribution in [-0.2, 0) is 10.0 Å². The molecule has 0 atom stereocenters. The molecule has 2 N–H and O–H groups in total. The molecule has 0 saturated carbocycles. The zero-order chi connectivity index (χ0) is 16.2. The molecule has 116 valence electrons. The Labute approximate surface area is 129 Å². The van der Waals surface area contributed by atoms with Gasteiger partial charge >= 0.3 is 0 Å². The third-order valence-corrected chi connectivity index (χ3v) is 3.38. The highest BCUT2D eigenvalue weighted by Gasteiger charge is 2.07. The summed E-state index contributed by atoms with van der Waals surface area (Å²) >= 11 is 0. The third-order valence-electron chi connectivity index (χ3n) is 2.78. The van der Waals surface area contributed by atoms with Gasteiger partial charge in [0.1, 0.15) is 5.75 Å². The quantitative estimate of drug-likeness (QED) is 0.885. The third kappa shape index (κ3) is 4.49. The van der Waals surface area contributed by atoms with E-state index in [1.54, 1.807) is 48.5 Å². The molecule has 22 heavy (non-hydrogen) atoms. The van der Waals surface area contributed by atoms with E-state index in [0.29, 0.717) is 22.7 Å². The standard InChI is InChI=1S/C15H16N2O4S/c1-21-14-5-3-4-11(10-14)15(18)16-12-6-8-13(9-7-12)17-22(2,19)20/h3-10,17H,1-2H3,(H,16,18). The monoisotopic (exact) mass is 320 g/mol. The minimum Gasteiger partial charge on any atom is -0.497 e. The number of hydrogen-bond donors (Lipinski definition) is 2. The lowest BCUT2D eigenvalue weighted by Crippen LogP contribution is -2.12. The van der Waals surface area contributed by atoms with Crippen LogP contribution in [0.2, 0.25) is 0 Å². The van der Waals surface area contributed by atoms with Crippen molar-refractivity contribution in [3.63, 3.8) is 0 Å². The first kappa shape index (κ1) is 15.8. The van der Waals surface area contributed by atoms with E-state index in [4.69, 9.17) is 4.74 Å². The molecular formula is C15H16N2O4S. The molecule has 0 unspecified atom stereocenters. The molecule has 0 bridgehead atoms. The Hall–Kier alpha value is -2.54. The van der Waals surface area contributed by atoms with Gasteiger partial charge in [-0.1, -0.05) is 6.07 Å². The van der Waals surface area contributed by atoms with Crippen LogP contribution in [0.1, 0.15) is 10.4 Å². The lowest BCUT2D eigenvalue weighted by atomic mass is 10.2. The molecule has 1 amide bonds. The Kier molecular flexibility index (Phi) is 4.67. The van der Waals surface area contributed by atoms with Gasteiger partial charge in [0, 0.05) is 16.9 Å². The molecule has 2 aromatic rings. The second-order valence-corrected chi connectivity index (χ2v) is 6.39. The van der Waals surface area contributed by atoms with E-state index in [1.165, 1.54) is 7.11 Å². The molecule has 0 aliphatic heterocycles. The summed E-state index contributed by atoms with van der Waals surface area (Å²) < 4.78 is 29.7. The fourth-order valence-electron chi connectivity index (χ4n) is 1.80. The van der Waals surface area contributed by atoms with Crippen molar-refractivity contribution in [2.75, 3.05) is 23.4 Å². The first-order chi connectivity index (χ1) is 10.4. The van der Waals surface area contributed by atoms with Gasteiger partial charge in [0.25, 0.3) is 5.91 Å². The molecule has 2 rings (SSSR count). The smallest absolute Gasteiger partial charge is 0.255 e. The van der Waals surface area contributed by atoms with Crippen molar-refractivity contribution in [3.05, 3.63) is 54.1 Å². The van der Waals surface area contributed by atoms with Crippen molar-refractivity contribution < 1.29 is 17.9 Å². The van der Waals surface area contributed by atoms with Crippen molar-refractivity contribution >= 4 is 27.3 Å². The summed E-state index contributed by atoms with van der Waals surface area (Å²) in [6, 6.07) is 13.2. The van der Waals surface area contributed by atoms with Gasteiger partial charge in [-0.2, -0.15) is 0 Å². The molecular weight excluding hydrogens is 304 g/mol. The van der Waals surface area contributed by atoms with Gasteiger partial charge in [-0.05, 0) is 42.5 Å². The molecule has 0 fully saturated rings. The maximum absolute atomic E-state index is 12.1. The maximum atomic E-state index is 12.1. The molecule has 0 radical (unpaired) electrons. The van der Waals surface area contributed by atoms with Gasteiger partial charge in [-0.3, -0.25) is 9.52 Å². The van der Waals surface area contributed by atoms with Gasteiger partial charge < -0.3 is 10.1 Å². The normalized spacial score (nSPS) is 10.8. The van der Waals surface area contributed by atoms with Crippen LogP contribution >= 0.6 is 0 Å². The van der Waals surface area contributed by atoms with Crippen LogP contribution in [0.25, 0.3) is 0 Å². The number of sulfonamides is 1. The molecule has 0 saturated heterocycles. The predicted octanol–water partition coefficient (Wildman–Crippen LogP) is 2.32. The number of rotatable bonds is 5. The SMILES string of the molecule is COc1cccc(C(=O)Nc2ccc(NS(C)(=O)=O)cc2)c1. The summed E-state index contributed by atoms with van der Waals surface area (Å²) in [5.41, 5.74) is 1.46. The highest BCUT2D eigenvalue weighted by atomic mass is 32.2. The van der Waals surface area contributed by atoms with E-state index >= 15 is 0 Å². The van der Waals surface area contributed by atoms with Gasteiger partial charge in [0.05, 0.1) is 13.4 Å². The molecule has 6 nitrogen and oxygen atoms in total. The summed E-state index contributed by atoms with van der Waals surface area (Å²) in [6.07, 6.45) is 1.07. The topological polar surface area (TPSA) is 84.5 Å². The Morgan fingerprint density at radius 1 is 1.05 bits per heavy atom. The number of amides is 1. The second kappa shape index (κ2) is 6.48. The molecule has 0 spiro atoms. The Morgan fingerprint density at radius 3 is 2.27 bits per heavy atom. The van der Waals surface area contributed by atoms with Crippen LogP contribution in [0.3, 0.4) is 0 Å². The summed E-state index contributed by atoms with van der Waals surface area (Å²) in [7, 11) is -1.78. The minimum absolute atomic E-state index is 0.275. The van der Waals surface area contributed by atoms with E-state index in [-0.39, 0.29) is 5.91 Å². The number of carbonyl (C=O) groups is 1. The van der Waals surface area contributed by atoms with Crippen molar-refractivity contribution in [1.29, 1.82) is 0 Å². The first-order valence-electron chi connectivity index (χ1n) is 6.40. The average molecular weight is 320 g/mol. The zero-order valence-corrected chi connectivity index (χ0v) is 13.0. The lowest BCUT2D eigenvalue weighted by Gasteiger charge is -2.08. The number of carbonyl (C=O) groups excluding carboxylic acids is 1. The van der Waals surface area contributed by atoms with Crippen LogP contribution in [0, 0.1) is 0 Å². The number of benzene rings is 2. The summed E-state index contributed by atoms with van der Waals surface area (Å²) in [6.45, 7) is 0. The average Bonchev–Trinajstić information content (AvgIpc) is 2.48. The fourth-order valence-corrected chi connectivity index (χ4v) is 2.37. The second-order valence-electron chi connectivity index (χ2n) is 4.64. The zero-order valence-electron chi connectivity index (χ0n) is 12.2. The number of ether oxygens (including phenoxy) is 1. The van der Waals surface area contributed by atoms with Crippen LogP contribution in [0.5, 0.6) is 5.75 Å². The highest BCUT2D eigenvalue weighted by molar-refractivity contribution is 7.92. The van der Waals surface area contributed by atoms with E-state index in [9.17, 15) is 13.2 Å². The molecule has 0 aliphatic rings. The van der Waals surface area contributed by atoms with Gasteiger partial charge in [0.2, 0.25) is 10.0 Å². The largest absolute Gasteiger partial charge is 0.497 e.